The molecule has 1 aliphatic heterocycles. The molecule has 6 heteroatoms. The molecular formula is C21H26Cl2N2O2. The SMILES string of the molecule is Cl.O=C(OC1CCCC1)C1(C2NCCc3c2[nH]c2ccc(Cl)cc32)CCC1. The molecule has 1 aromatic heterocycles. The number of H-pyrrole nitrogens is 1. The highest BCUT2D eigenvalue weighted by atomic mass is 35.5. The van der Waals surface area contributed by atoms with E-state index in [1.807, 2.05) is 18.2 Å². The molecule has 146 valence electrons. The largest absolute Gasteiger partial charge is 0.462 e. The van der Waals surface area contributed by atoms with Gasteiger partial charge in [-0.2, -0.15) is 0 Å². The molecule has 1 atom stereocenters. The van der Waals surface area contributed by atoms with Crippen LogP contribution in [-0.2, 0) is 16.0 Å². The molecule has 1 aromatic carbocycles. The Kier molecular flexibility index (Phi) is 5.17. The van der Waals surface area contributed by atoms with Crippen LogP contribution in [0.3, 0.4) is 0 Å². The van der Waals surface area contributed by atoms with Crippen LogP contribution in [0, 0.1) is 5.41 Å². The van der Waals surface area contributed by atoms with Gasteiger partial charge in [0.2, 0.25) is 0 Å². The van der Waals surface area contributed by atoms with Crippen molar-refractivity contribution in [2.75, 3.05) is 6.54 Å². The zero-order valence-electron chi connectivity index (χ0n) is 15.4. The summed E-state index contributed by atoms with van der Waals surface area (Å²) in [6.45, 7) is 0.885. The summed E-state index contributed by atoms with van der Waals surface area (Å²) in [5.74, 6) is 0.0117. The summed E-state index contributed by atoms with van der Waals surface area (Å²) >= 11 is 6.22. The Balaban J connectivity index is 0.00000180. The number of ether oxygens (including phenoxy) is 1. The molecule has 2 aromatic rings. The van der Waals surface area contributed by atoms with Crippen LogP contribution in [0.5, 0.6) is 0 Å². The van der Waals surface area contributed by atoms with E-state index < -0.39 is 5.41 Å². The zero-order valence-corrected chi connectivity index (χ0v) is 16.9. The molecule has 0 saturated heterocycles. The predicted molar refractivity (Wildman–Crippen MR) is 110 cm³/mol. The second-order valence-electron chi connectivity index (χ2n) is 8.17. The second-order valence-corrected chi connectivity index (χ2v) is 8.60. The molecule has 0 bridgehead atoms. The lowest BCUT2D eigenvalue weighted by molar-refractivity contribution is -0.170. The summed E-state index contributed by atoms with van der Waals surface area (Å²) in [5, 5.41) is 5.58. The average Bonchev–Trinajstić information content (AvgIpc) is 3.22. The quantitative estimate of drug-likeness (QED) is 0.695. The van der Waals surface area contributed by atoms with Gasteiger partial charge < -0.3 is 15.0 Å². The molecule has 2 N–H and O–H groups in total. The minimum Gasteiger partial charge on any atom is -0.462 e. The first-order valence-corrected chi connectivity index (χ1v) is 10.3. The minimum absolute atomic E-state index is 0. The Morgan fingerprint density at radius 1 is 1.19 bits per heavy atom. The van der Waals surface area contributed by atoms with Crippen LogP contribution in [0.4, 0.5) is 0 Å². The number of aromatic amines is 1. The van der Waals surface area contributed by atoms with Crippen molar-refractivity contribution in [2.45, 2.75) is 63.5 Å². The number of nitrogens with one attached hydrogen (secondary N) is 2. The van der Waals surface area contributed by atoms with Gasteiger partial charge in [0.15, 0.2) is 0 Å². The van der Waals surface area contributed by atoms with E-state index in [-0.39, 0.29) is 30.5 Å². The molecular weight excluding hydrogens is 383 g/mol. The normalized spacial score (nSPS) is 24.1. The fourth-order valence-electron chi connectivity index (χ4n) is 5.11. The maximum absolute atomic E-state index is 13.2. The van der Waals surface area contributed by atoms with Crippen LogP contribution < -0.4 is 5.32 Å². The molecule has 0 amide bonds. The number of rotatable bonds is 3. The van der Waals surface area contributed by atoms with E-state index in [0.29, 0.717) is 0 Å². The molecule has 2 heterocycles. The lowest BCUT2D eigenvalue weighted by atomic mass is 9.62. The van der Waals surface area contributed by atoms with Crippen molar-refractivity contribution in [1.82, 2.24) is 10.3 Å². The van der Waals surface area contributed by atoms with Crippen LogP contribution in [0.1, 0.15) is 62.2 Å². The van der Waals surface area contributed by atoms with Gasteiger partial charge in [0.25, 0.3) is 0 Å². The van der Waals surface area contributed by atoms with E-state index >= 15 is 0 Å². The van der Waals surface area contributed by atoms with Gasteiger partial charge >= 0.3 is 5.97 Å². The summed E-state index contributed by atoms with van der Waals surface area (Å²) < 4.78 is 5.97. The smallest absolute Gasteiger partial charge is 0.314 e. The Hall–Kier alpha value is -1.23. The predicted octanol–water partition coefficient (Wildman–Crippen LogP) is 5.09. The van der Waals surface area contributed by atoms with Gasteiger partial charge in [0.1, 0.15) is 6.10 Å². The third kappa shape index (κ3) is 3.06. The second kappa shape index (κ2) is 7.31. The van der Waals surface area contributed by atoms with Crippen molar-refractivity contribution >= 4 is 40.9 Å². The topological polar surface area (TPSA) is 54.1 Å². The monoisotopic (exact) mass is 408 g/mol. The standard InChI is InChI=1S/C21H25ClN2O2.ClH/c22-13-6-7-17-16(12-13)15-8-11-23-19(18(15)24-17)21(9-3-10-21)20(25)26-14-4-1-2-5-14;/h6-7,12,14,19,23-24H,1-5,8-11H2;1H. The highest BCUT2D eigenvalue weighted by molar-refractivity contribution is 6.31. The molecule has 27 heavy (non-hydrogen) atoms. The highest BCUT2D eigenvalue weighted by Crippen LogP contribution is 2.53. The zero-order chi connectivity index (χ0) is 17.7. The first-order chi connectivity index (χ1) is 12.7. The molecule has 0 radical (unpaired) electrons. The first kappa shape index (κ1) is 19.1. The van der Waals surface area contributed by atoms with Crippen LogP contribution in [-0.4, -0.2) is 23.6 Å². The molecule has 1 unspecified atom stereocenters. The maximum Gasteiger partial charge on any atom is 0.314 e. The third-order valence-electron chi connectivity index (χ3n) is 6.69. The van der Waals surface area contributed by atoms with E-state index in [0.717, 1.165) is 61.3 Å². The molecule has 5 rings (SSSR count). The number of benzene rings is 1. The number of carbonyl (C=O) groups excluding carboxylic acids is 1. The lowest BCUT2D eigenvalue weighted by Gasteiger charge is -2.47. The van der Waals surface area contributed by atoms with Crippen molar-refractivity contribution in [3.05, 3.63) is 34.5 Å². The van der Waals surface area contributed by atoms with Gasteiger partial charge in [-0.25, -0.2) is 0 Å². The number of aromatic nitrogens is 1. The van der Waals surface area contributed by atoms with Crippen molar-refractivity contribution < 1.29 is 9.53 Å². The van der Waals surface area contributed by atoms with Gasteiger partial charge in [0, 0.05) is 21.6 Å². The maximum atomic E-state index is 13.2. The minimum atomic E-state index is -0.414. The van der Waals surface area contributed by atoms with E-state index in [9.17, 15) is 4.79 Å². The fraction of sp³-hybridized carbons (Fsp3) is 0.571. The van der Waals surface area contributed by atoms with Gasteiger partial charge in [-0.15, -0.1) is 12.4 Å². The van der Waals surface area contributed by atoms with E-state index in [4.69, 9.17) is 16.3 Å². The van der Waals surface area contributed by atoms with Crippen molar-refractivity contribution in [1.29, 1.82) is 0 Å². The summed E-state index contributed by atoms with van der Waals surface area (Å²) in [6.07, 6.45) is 8.41. The van der Waals surface area contributed by atoms with E-state index in [1.165, 1.54) is 23.8 Å². The Morgan fingerprint density at radius 3 is 2.67 bits per heavy atom. The highest BCUT2D eigenvalue weighted by Gasteiger charge is 2.54. The van der Waals surface area contributed by atoms with Gasteiger partial charge in [0.05, 0.1) is 11.5 Å². The third-order valence-corrected chi connectivity index (χ3v) is 6.93. The lowest BCUT2D eigenvalue weighted by Crippen LogP contribution is -2.52. The van der Waals surface area contributed by atoms with Crippen molar-refractivity contribution in [3.63, 3.8) is 0 Å². The van der Waals surface area contributed by atoms with Gasteiger partial charge in [-0.1, -0.05) is 18.0 Å². The summed E-state index contributed by atoms with van der Waals surface area (Å²) in [4.78, 5) is 16.8. The molecule has 3 aliphatic rings. The number of carbonyl (C=O) groups is 1. The van der Waals surface area contributed by atoms with Crippen LogP contribution in [0.15, 0.2) is 18.2 Å². The summed E-state index contributed by atoms with van der Waals surface area (Å²) in [5.41, 5.74) is 3.16. The summed E-state index contributed by atoms with van der Waals surface area (Å²) in [6, 6.07) is 6.01. The number of halogens is 2. The molecule has 0 spiro atoms. The number of hydrogen-bond acceptors (Lipinski definition) is 3. The van der Waals surface area contributed by atoms with Gasteiger partial charge in [-0.3, -0.25) is 4.79 Å². The van der Waals surface area contributed by atoms with Crippen molar-refractivity contribution in [2.24, 2.45) is 5.41 Å². The number of esters is 1. The van der Waals surface area contributed by atoms with Crippen LogP contribution >= 0.6 is 24.0 Å². The Labute approximate surface area is 170 Å². The molecule has 2 saturated carbocycles. The first-order valence-electron chi connectivity index (χ1n) is 9.92. The van der Waals surface area contributed by atoms with Gasteiger partial charge in [-0.05, 0) is 75.3 Å². The fourth-order valence-corrected chi connectivity index (χ4v) is 5.29. The van der Waals surface area contributed by atoms with Crippen LogP contribution in [0.25, 0.3) is 10.9 Å². The van der Waals surface area contributed by atoms with Crippen LogP contribution in [0.2, 0.25) is 5.02 Å². The molecule has 2 aliphatic carbocycles. The van der Waals surface area contributed by atoms with E-state index in [2.05, 4.69) is 10.3 Å². The Morgan fingerprint density at radius 2 is 1.96 bits per heavy atom. The molecule has 2 fully saturated rings. The van der Waals surface area contributed by atoms with E-state index in [1.54, 1.807) is 0 Å². The number of fused-ring (bicyclic) bond motifs is 3. The average molecular weight is 409 g/mol. The van der Waals surface area contributed by atoms with Crippen molar-refractivity contribution in [3.8, 4) is 0 Å². The number of hydrogen-bond donors (Lipinski definition) is 2. The molecule has 4 nitrogen and oxygen atoms in total. The Bertz CT molecular complexity index is 853. The summed E-state index contributed by atoms with van der Waals surface area (Å²) in [7, 11) is 0.